The van der Waals surface area contributed by atoms with Crippen molar-refractivity contribution in [3.8, 4) is 0 Å². The predicted molar refractivity (Wildman–Crippen MR) is 112 cm³/mol. The maximum absolute atomic E-state index is 14.4. The van der Waals surface area contributed by atoms with Crippen molar-refractivity contribution in [2.45, 2.75) is 24.7 Å². The van der Waals surface area contributed by atoms with Crippen molar-refractivity contribution in [3.63, 3.8) is 0 Å². The second-order valence-corrected chi connectivity index (χ2v) is 7.78. The lowest BCUT2D eigenvalue weighted by Crippen LogP contribution is -2.53. The lowest BCUT2D eigenvalue weighted by Gasteiger charge is -2.42. The Morgan fingerprint density at radius 3 is 2.37 bits per heavy atom. The van der Waals surface area contributed by atoms with Gasteiger partial charge in [-0.2, -0.15) is 0 Å². The summed E-state index contributed by atoms with van der Waals surface area (Å²) in [5.41, 5.74) is 0.646. The Kier molecular flexibility index (Phi) is 6.23. The SMILES string of the molecule is O[C@](Cc1ccc(F)cc1F)(c1ccccc1)C1CN(Cc2ccccc2)CCO1. The minimum atomic E-state index is -1.45. The Morgan fingerprint density at radius 2 is 1.67 bits per heavy atom. The summed E-state index contributed by atoms with van der Waals surface area (Å²) >= 11 is 0. The molecular formula is C25H25F2NO2. The first-order valence-electron chi connectivity index (χ1n) is 10.1. The molecule has 1 N–H and O–H groups in total. The van der Waals surface area contributed by atoms with Gasteiger partial charge in [-0.3, -0.25) is 4.90 Å². The molecule has 0 bridgehead atoms. The van der Waals surface area contributed by atoms with Crippen LogP contribution in [0.25, 0.3) is 0 Å². The third-order valence-corrected chi connectivity index (χ3v) is 5.68. The average Bonchev–Trinajstić information content (AvgIpc) is 2.77. The second-order valence-electron chi connectivity index (χ2n) is 7.78. The summed E-state index contributed by atoms with van der Waals surface area (Å²) in [6.45, 7) is 2.47. The van der Waals surface area contributed by atoms with Crippen molar-refractivity contribution in [2.75, 3.05) is 19.7 Å². The standard InChI is InChI=1S/C25H25F2NO2/c26-22-12-11-20(23(27)15-22)16-25(29,21-9-5-2-6-10-21)24-18-28(13-14-30-24)17-19-7-3-1-4-8-19/h1-12,15,24,29H,13-14,16-18H2/t24?,25-/m1/s1. The van der Waals surface area contributed by atoms with Gasteiger partial charge in [-0.1, -0.05) is 66.7 Å². The Balaban J connectivity index is 1.62. The van der Waals surface area contributed by atoms with E-state index < -0.39 is 23.3 Å². The van der Waals surface area contributed by atoms with Gasteiger partial charge in [0.15, 0.2) is 0 Å². The van der Waals surface area contributed by atoms with Gasteiger partial charge >= 0.3 is 0 Å². The molecule has 0 radical (unpaired) electrons. The number of ether oxygens (including phenoxy) is 1. The van der Waals surface area contributed by atoms with Gasteiger partial charge < -0.3 is 9.84 Å². The number of aliphatic hydroxyl groups is 1. The zero-order valence-corrected chi connectivity index (χ0v) is 16.7. The van der Waals surface area contributed by atoms with Crippen molar-refractivity contribution in [3.05, 3.63) is 107 Å². The molecule has 156 valence electrons. The molecule has 1 fully saturated rings. The van der Waals surface area contributed by atoms with Crippen molar-refractivity contribution in [1.29, 1.82) is 0 Å². The van der Waals surface area contributed by atoms with Crippen molar-refractivity contribution < 1.29 is 18.6 Å². The van der Waals surface area contributed by atoms with Gasteiger partial charge in [0.25, 0.3) is 0 Å². The first kappa shape index (κ1) is 20.7. The number of hydrogen-bond donors (Lipinski definition) is 1. The number of nitrogens with zero attached hydrogens (tertiary/aromatic N) is 1. The van der Waals surface area contributed by atoms with Gasteiger partial charge in [0.05, 0.1) is 6.61 Å². The van der Waals surface area contributed by atoms with E-state index in [1.165, 1.54) is 17.7 Å². The van der Waals surface area contributed by atoms with Crippen LogP contribution >= 0.6 is 0 Å². The molecule has 0 spiro atoms. The van der Waals surface area contributed by atoms with Gasteiger partial charge in [0.2, 0.25) is 0 Å². The molecule has 30 heavy (non-hydrogen) atoms. The minimum Gasteiger partial charge on any atom is -0.382 e. The summed E-state index contributed by atoms with van der Waals surface area (Å²) in [5.74, 6) is -1.30. The highest BCUT2D eigenvalue weighted by Crippen LogP contribution is 2.34. The summed E-state index contributed by atoms with van der Waals surface area (Å²) in [6, 6.07) is 22.8. The van der Waals surface area contributed by atoms with Crippen LogP contribution in [0.2, 0.25) is 0 Å². The lowest BCUT2D eigenvalue weighted by atomic mass is 9.81. The molecule has 1 saturated heterocycles. The van der Waals surface area contributed by atoms with Gasteiger partial charge in [-0.05, 0) is 22.8 Å². The maximum Gasteiger partial charge on any atom is 0.129 e. The summed E-state index contributed by atoms with van der Waals surface area (Å²) in [7, 11) is 0. The summed E-state index contributed by atoms with van der Waals surface area (Å²) < 4.78 is 33.8. The first-order valence-corrected chi connectivity index (χ1v) is 10.1. The van der Waals surface area contributed by atoms with E-state index in [1.807, 2.05) is 48.5 Å². The van der Waals surface area contributed by atoms with Crippen LogP contribution in [0.15, 0.2) is 78.9 Å². The van der Waals surface area contributed by atoms with Crippen LogP contribution in [0.4, 0.5) is 8.78 Å². The monoisotopic (exact) mass is 409 g/mol. The van der Waals surface area contributed by atoms with Gasteiger partial charge in [0.1, 0.15) is 23.3 Å². The van der Waals surface area contributed by atoms with E-state index in [4.69, 9.17) is 4.74 Å². The molecule has 3 nitrogen and oxygen atoms in total. The van der Waals surface area contributed by atoms with E-state index in [-0.39, 0.29) is 12.0 Å². The van der Waals surface area contributed by atoms with E-state index in [1.54, 1.807) is 0 Å². The molecular weight excluding hydrogens is 384 g/mol. The van der Waals surface area contributed by atoms with E-state index >= 15 is 0 Å². The van der Waals surface area contributed by atoms with Crippen LogP contribution in [-0.2, 0) is 23.3 Å². The molecule has 0 aliphatic carbocycles. The molecule has 5 heteroatoms. The highest BCUT2D eigenvalue weighted by atomic mass is 19.1. The number of rotatable bonds is 6. The van der Waals surface area contributed by atoms with Crippen LogP contribution in [0.1, 0.15) is 16.7 Å². The van der Waals surface area contributed by atoms with Crippen LogP contribution in [0, 0.1) is 11.6 Å². The smallest absolute Gasteiger partial charge is 0.129 e. The topological polar surface area (TPSA) is 32.7 Å². The maximum atomic E-state index is 14.4. The molecule has 2 atom stereocenters. The quantitative estimate of drug-likeness (QED) is 0.659. The molecule has 1 heterocycles. The van der Waals surface area contributed by atoms with E-state index in [2.05, 4.69) is 17.0 Å². The molecule has 1 unspecified atom stereocenters. The fourth-order valence-corrected chi connectivity index (χ4v) is 4.06. The Labute approximate surface area is 175 Å². The third-order valence-electron chi connectivity index (χ3n) is 5.68. The summed E-state index contributed by atoms with van der Waals surface area (Å²) in [4.78, 5) is 2.23. The van der Waals surface area contributed by atoms with Crippen LogP contribution in [0.5, 0.6) is 0 Å². The van der Waals surface area contributed by atoms with Crippen molar-refractivity contribution >= 4 is 0 Å². The van der Waals surface area contributed by atoms with Crippen LogP contribution < -0.4 is 0 Å². The number of morpholine rings is 1. The average molecular weight is 409 g/mol. The fraction of sp³-hybridized carbons (Fsp3) is 0.280. The largest absolute Gasteiger partial charge is 0.382 e. The normalized spacial score (nSPS) is 19.4. The van der Waals surface area contributed by atoms with E-state index in [9.17, 15) is 13.9 Å². The summed E-state index contributed by atoms with van der Waals surface area (Å²) in [6.07, 6.45) is -0.561. The molecule has 3 aromatic rings. The Hall–Kier alpha value is -2.60. The third kappa shape index (κ3) is 4.59. The van der Waals surface area contributed by atoms with Gasteiger partial charge in [0, 0.05) is 32.1 Å². The zero-order valence-electron chi connectivity index (χ0n) is 16.7. The number of benzene rings is 3. The fourth-order valence-electron chi connectivity index (χ4n) is 4.06. The molecule has 1 aliphatic rings. The molecule has 4 rings (SSSR count). The number of hydrogen-bond acceptors (Lipinski definition) is 3. The Morgan fingerprint density at radius 1 is 0.967 bits per heavy atom. The lowest BCUT2D eigenvalue weighted by molar-refractivity contribution is -0.150. The van der Waals surface area contributed by atoms with Crippen molar-refractivity contribution in [1.82, 2.24) is 4.90 Å². The van der Waals surface area contributed by atoms with Crippen LogP contribution in [-0.4, -0.2) is 35.8 Å². The molecule has 0 amide bonds. The minimum absolute atomic E-state index is 0.00697. The predicted octanol–water partition coefficient (Wildman–Crippen LogP) is 4.30. The number of halogens is 2. The second kappa shape index (κ2) is 9.04. The molecule has 0 aromatic heterocycles. The highest BCUT2D eigenvalue weighted by molar-refractivity contribution is 5.30. The molecule has 3 aromatic carbocycles. The van der Waals surface area contributed by atoms with Gasteiger partial charge in [-0.15, -0.1) is 0 Å². The molecule has 1 aliphatic heterocycles. The van der Waals surface area contributed by atoms with E-state index in [0.29, 0.717) is 18.7 Å². The Bertz CT molecular complexity index is 967. The van der Waals surface area contributed by atoms with Gasteiger partial charge in [-0.25, -0.2) is 8.78 Å². The van der Waals surface area contributed by atoms with E-state index in [0.717, 1.165) is 19.2 Å². The molecule has 0 saturated carbocycles. The first-order chi connectivity index (χ1) is 14.5. The van der Waals surface area contributed by atoms with Crippen molar-refractivity contribution in [2.24, 2.45) is 0 Å². The summed E-state index contributed by atoms with van der Waals surface area (Å²) in [5, 5.41) is 11.8. The highest BCUT2D eigenvalue weighted by Gasteiger charge is 2.42. The van der Waals surface area contributed by atoms with Crippen LogP contribution in [0.3, 0.4) is 0 Å². The zero-order chi connectivity index (χ0) is 21.0.